The van der Waals surface area contributed by atoms with Gasteiger partial charge in [-0.05, 0) is 5.92 Å². The fourth-order valence-corrected chi connectivity index (χ4v) is 1.14. The quantitative estimate of drug-likeness (QED) is 0.611. The van der Waals surface area contributed by atoms with Gasteiger partial charge in [0.2, 0.25) is 0 Å². The Morgan fingerprint density at radius 1 is 1.42 bits per heavy atom. The highest BCUT2D eigenvalue weighted by Crippen LogP contribution is 1.99. The first-order valence-electron chi connectivity index (χ1n) is 4.36. The standard InChI is InChI=1S/C9H17FN2/c1-9(2)8-12(7-4-10)6-3-5-11/h9H,3-4,6-8H2,1-2H3. The number of alkyl halides is 1. The van der Waals surface area contributed by atoms with Gasteiger partial charge in [0, 0.05) is 26.1 Å². The molecule has 0 aromatic carbocycles. The number of nitriles is 1. The Morgan fingerprint density at radius 2 is 2.08 bits per heavy atom. The third-order valence-corrected chi connectivity index (χ3v) is 1.56. The van der Waals surface area contributed by atoms with Crippen molar-refractivity contribution in [2.75, 3.05) is 26.3 Å². The van der Waals surface area contributed by atoms with Gasteiger partial charge in [0.15, 0.2) is 0 Å². The van der Waals surface area contributed by atoms with Crippen molar-refractivity contribution in [2.45, 2.75) is 20.3 Å². The topological polar surface area (TPSA) is 27.0 Å². The van der Waals surface area contributed by atoms with Crippen LogP contribution in [0, 0.1) is 17.2 Å². The molecule has 0 bridgehead atoms. The Kier molecular flexibility index (Phi) is 6.69. The first kappa shape index (κ1) is 11.4. The second-order valence-electron chi connectivity index (χ2n) is 3.29. The summed E-state index contributed by atoms with van der Waals surface area (Å²) in [7, 11) is 0. The molecule has 70 valence electrons. The lowest BCUT2D eigenvalue weighted by Gasteiger charge is -2.21. The molecule has 0 heterocycles. The van der Waals surface area contributed by atoms with Crippen molar-refractivity contribution >= 4 is 0 Å². The Hall–Kier alpha value is -0.620. The van der Waals surface area contributed by atoms with Gasteiger partial charge in [-0.15, -0.1) is 0 Å². The summed E-state index contributed by atoms with van der Waals surface area (Å²) in [4.78, 5) is 1.99. The maximum absolute atomic E-state index is 12.0. The Morgan fingerprint density at radius 3 is 2.50 bits per heavy atom. The minimum atomic E-state index is -0.321. The Balaban J connectivity index is 3.63. The number of rotatable bonds is 6. The van der Waals surface area contributed by atoms with E-state index >= 15 is 0 Å². The molecule has 0 aliphatic rings. The molecule has 0 aromatic rings. The van der Waals surface area contributed by atoms with E-state index in [9.17, 15) is 4.39 Å². The van der Waals surface area contributed by atoms with Crippen molar-refractivity contribution in [3.63, 3.8) is 0 Å². The fourth-order valence-electron chi connectivity index (χ4n) is 1.14. The summed E-state index contributed by atoms with van der Waals surface area (Å²) in [6, 6.07) is 2.07. The summed E-state index contributed by atoms with van der Waals surface area (Å²) in [6.07, 6.45) is 0.493. The Labute approximate surface area is 74.0 Å². The average Bonchev–Trinajstić information content (AvgIpc) is 2.00. The number of halogens is 1. The predicted molar refractivity (Wildman–Crippen MR) is 47.5 cm³/mol. The zero-order valence-electron chi connectivity index (χ0n) is 7.89. The third-order valence-electron chi connectivity index (χ3n) is 1.56. The van der Waals surface area contributed by atoms with E-state index in [4.69, 9.17) is 5.26 Å². The second kappa shape index (κ2) is 7.05. The van der Waals surface area contributed by atoms with E-state index in [1.165, 1.54) is 0 Å². The summed E-state index contributed by atoms with van der Waals surface area (Å²) < 4.78 is 12.0. The lowest BCUT2D eigenvalue weighted by molar-refractivity contribution is 0.228. The molecule has 0 aliphatic carbocycles. The molecule has 3 heteroatoms. The van der Waals surface area contributed by atoms with Crippen LogP contribution in [0.3, 0.4) is 0 Å². The molecule has 0 N–H and O–H groups in total. The van der Waals surface area contributed by atoms with Crippen molar-refractivity contribution < 1.29 is 4.39 Å². The first-order valence-corrected chi connectivity index (χ1v) is 4.36. The summed E-state index contributed by atoms with van der Waals surface area (Å²) >= 11 is 0. The molecule has 0 atom stereocenters. The minimum absolute atomic E-state index is 0.321. The normalized spacial score (nSPS) is 10.7. The van der Waals surface area contributed by atoms with Gasteiger partial charge in [-0.25, -0.2) is 4.39 Å². The van der Waals surface area contributed by atoms with Gasteiger partial charge in [0.25, 0.3) is 0 Å². The fraction of sp³-hybridized carbons (Fsp3) is 0.889. The molecule has 0 amide bonds. The molecule has 2 nitrogen and oxygen atoms in total. The highest BCUT2D eigenvalue weighted by molar-refractivity contribution is 4.72. The summed E-state index contributed by atoms with van der Waals surface area (Å²) in [6.45, 7) is 5.90. The average molecular weight is 172 g/mol. The van der Waals surface area contributed by atoms with Crippen LogP contribution in [0.4, 0.5) is 4.39 Å². The molecule has 0 saturated carbocycles. The molecule has 0 rings (SSSR count). The van der Waals surface area contributed by atoms with Crippen LogP contribution in [0.25, 0.3) is 0 Å². The Bertz CT molecular complexity index is 140. The summed E-state index contributed by atoms with van der Waals surface area (Å²) in [5.41, 5.74) is 0. The van der Waals surface area contributed by atoms with E-state index < -0.39 is 0 Å². The maximum atomic E-state index is 12.0. The molecule has 12 heavy (non-hydrogen) atoms. The van der Waals surface area contributed by atoms with Crippen molar-refractivity contribution in [3.8, 4) is 6.07 Å². The van der Waals surface area contributed by atoms with Crippen LogP contribution in [0.2, 0.25) is 0 Å². The van der Waals surface area contributed by atoms with Crippen molar-refractivity contribution in [1.82, 2.24) is 4.90 Å². The molecule has 0 aliphatic heterocycles. The maximum Gasteiger partial charge on any atom is 0.102 e. The molecule has 0 saturated heterocycles. The molecule has 0 aromatic heterocycles. The third kappa shape index (κ3) is 6.11. The van der Waals surface area contributed by atoms with Crippen LogP contribution < -0.4 is 0 Å². The molecule has 0 spiro atoms. The lowest BCUT2D eigenvalue weighted by atomic mass is 10.2. The monoisotopic (exact) mass is 172 g/mol. The van der Waals surface area contributed by atoms with E-state index in [0.29, 0.717) is 25.4 Å². The van der Waals surface area contributed by atoms with Crippen molar-refractivity contribution in [3.05, 3.63) is 0 Å². The van der Waals surface area contributed by atoms with E-state index in [1.807, 2.05) is 4.90 Å². The number of hydrogen-bond donors (Lipinski definition) is 0. The highest BCUT2D eigenvalue weighted by atomic mass is 19.1. The van der Waals surface area contributed by atoms with Crippen molar-refractivity contribution in [1.29, 1.82) is 5.26 Å². The minimum Gasteiger partial charge on any atom is -0.299 e. The van der Waals surface area contributed by atoms with Gasteiger partial charge in [-0.1, -0.05) is 13.8 Å². The number of nitrogens with zero attached hydrogens (tertiary/aromatic N) is 2. The number of hydrogen-bond acceptors (Lipinski definition) is 2. The molecular weight excluding hydrogens is 155 g/mol. The van der Waals surface area contributed by atoms with E-state index in [1.54, 1.807) is 0 Å². The molecular formula is C9H17FN2. The van der Waals surface area contributed by atoms with Gasteiger partial charge >= 0.3 is 0 Å². The zero-order chi connectivity index (χ0) is 9.40. The van der Waals surface area contributed by atoms with E-state index in [0.717, 1.165) is 6.54 Å². The van der Waals surface area contributed by atoms with E-state index in [2.05, 4.69) is 19.9 Å². The van der Waals surface area contributed by atoms with E-state index in [-0.39, 0.29) is 6.67 Å². The first-order chi connectivity index (χ1) is 5.70. The van der Waals surface area contributed by atoms with Crippen molar-refractivity contribution in [2.24, 2.45) is 5.92 Å². The molecule has 0 unspecified atom stereocenters. The van der Waals surface area contributed by atoms with Crippen LogP contribution in [-0.4, -0.2) is 31.2 Å². The van der Waals surface area contributed by atoms with Gasteiger partial charge in [0.1, 0.15) is 6.67 Å². The summed E-state index contributed by atoms with van der Waals surface area (Å²) in [5, 5.41) is 8.35. The van der Waals surface area contributed by atoms with Gasteiger partial charge < -0.3 is 0 Å². The van der Waals surface area contributed by atoms with Gasteiger partial charge in [0.05, 0.1) is 6.07 Å². The summed E-state index contributed by atoms with van der Waals surface area (Å²) in [5.74, 6) is 0.537. The van der Waals surface area contributed by atoms with Crippen LogP contribution in [0.1, 0.15) is 20.3 Å². The predicted octanol–water partition coefficient (Wildman–Crippen LogP) is 1.83. The van der Waals surface area contributed by atoms with Crippen LogP contribution in [-0.2, 0) is 0 Å². The van der Waals surface area contributed by atoms with Crippen LogP contribution in [0.15, 0.2) is 0 Å². The largest absolute Gasteiger partial charge is 0.299 e. The van der Waals surface area contributed by atoms with Gasteiger partial charge in [-0.2, -0.15) is 5.26 Å². The highest BCUT2D eigenvalue weighted by Gasteiger charge is 2.05. The smallest absolute Gasteiger partial charge is 0.102 e. The zero-order valence-corrected chi connectivity index (χ0v) is 7.89. The molecule has 0 fully saturated rings. The van der Waals surface area contributed by atoms with Gasteiger partial charge in [-0.3, -0.25) is 4.90 Å². The van der Waals surface area contributed by atoms with Crippen LogP contribution >= 0.6 is 0 Å². The molecule has 0 radical (unpaired) electrons. The lowest BCUT2D eigenvalue weighted by Crippen LogP contribution is -2.30. The second-order valence-corrected chi connectivity index (χ2v) is 3.29. The van der Waals surface area contributed by atoms with Crippen LogP contribution in [0.5, 0.6) is 0 Å². The SMILES string of the molecule is CC(C)CN(CCF)CCC#N.